The molecule has 3 heteroatoms. The number of carboxylic acid groups (broad SMARTS) is 1. The summed E-state index contributed by atoms with van der Waals surface area (Å²) >= 11 is 0. The summed E-state index contributed by atoms with van der Waals surface area (Å²) < 4.78 is 0. The summed E-state index contributed by atoms with van der Waals surface area (Å²) in [4.78, 5) is 13.1. The van der Waals surface area contributed by atoms with Crippen molar-refractivity contribution in [2.45, 2.75) is 32.6 Å². The summed E-state index contributed by atoms with van der Waals surface area (Å²) in [5.74, 6) is -0.892. The molecule has 0 unspecified atom stereocenters. The van der Waals surface area contributed by atoms with Crippen LogP contribution < -0.4 is 4.90 Å². The summed E-state index contributed by atoms with van der Waals surface area (Å²) in [6, 6.07) is 8.49. The Labute approximate surface area is 108 Å². The van der Waals surface area contributed by atoms with Gasteiger partial charge < -0.3 is 10.0 Å². The molecule has 1 saturated heterocycles. The van der Waals surface area contributed by atoms with E-state index in [1.165, 1.54) is 5.56 Å². The molecule has 1 aromatic carbocycles. The van der Waals surface area contributed by atoms with Gasteiger partial charge in [-0.15, -0.1) is 0 Å². The molecular weight excluding hydrogens is 226 g/mol. The van der Waals surface area contributed by atoms with Crippen molar-refractivity contribution in [1.29, 1.82) is 0 Å². The normalized spacial score (nSPS) is 20.2. The number of rotatable bonds is 2. The molecule has 0 spiro atoms. The van der Waals surface area contributed by atoms with Crippen LogP contribution in [0.1, 0.15) is 32.8 Å². The maximum atomic E-state index is 10.9. The van der Waals surface area contributed by atoms with E-state index in [9.17, 15) is 4.79 Å². The number of nitrogens with zero attached hydrogens (tertiary/aromatic N) is 1. The minimum Gasteiger partial charge on any atom is -0.481 e. The average molecular weight is 247 g/mol. The lowest BCUT2D eigenvalue weighted by atomic mass is 9.87. The van der Waals surface area contributed by atoms with E-state index in [-0.39, 0.29) is 11.3 Å². The molecule has 0 saturated carbocycles. The van der Waals surface area contributed by atoms with Crippen molar-refractivity contribution in [2.75, 3.05) is 18.0 Å². The van der Waals surface area contributed by atoms with Crippen LogP contribution in [0.2, 0.25) is 0 Å². The minimum atomic E-state index is -0.677. The van der Waals surface area contributed by atoms with E-state index >= 15 is 0 Å². The summed E-state index contributed by atoms with van der Waals surface area (Å²) in [5, 5.41) is 9.00. The second kappa shape index (κ2) is 4.63. The third-order valence-electron chi connectivity index (χ3n) is 3.64. The Hall–Kier alpha value is -1.51. The maximum absolute atomic E-state index is 10.9. The van der Waals surface area contributed by atoms with Gasteiger partial charge in [-0.1, -0.05) is 32.9 Å². The van der Waals surface area contributed by atoms with Gasteiger partial charge >= 0.3 is 5.97 Å². The number of hydrogen-bond donors (Lipinski definition) is 1. The van der Waals surface area contributed by atoms with Gasteiger partial charge in [0, 0.05) is 18.8 Å². The molecule has 1 aromatic rings. The van der Waals surface area contributed by atoms with Gasteiger partial charge in [-0.25, -0.2) is 0 Å². The zero-order valence-electron chi connectivity index (χ0n) is 11.3. The summed E-state index contributed by atoms with van der Waals surface area (Å²) in [6.45, 7) is 8.05. The Morgan fingerprint density at radius 1 is 1.28 bits per heavy atom. The molecule has 0 aromatic heterocycles. The predicted octanol–water partition coefficient (Wildman–Crippen LogP) is 2.90. The summed E-state index contributed by atoms with van der Waals surface area (Å²) in [6.07, 6.45) is 0.746. The Balaban J connectivity index is 2.10. The molecule has 0 amide bonds. The van der Waals surface area contributed by atoms with Gasteiger partial charge in [0.1, 0.15) is 0 Å². The SMILES string of the molecule is CC(C)(C)c1ccc(N2CC[C@@H](C(=O)O)C2)cc1. The van der Waals surface area contributed by atoms with Crippen molar-refractivity contribution in [2.24, 2.45) is 5.92 Å². The highest BCUT2D eigenvalue weighted by Crippen LogP contribution is 2.27. The van der Waals surface area contributed by atoms with Gasteiger partial charge in [0.2, 0.25) is 0 Å². The highest BCUT2D eigenvalue weighted by Gasteiger charge is 2.28. The monoisotopic (exact) mass is 247 g/mol. The molecule has 0 bridgehead atoms. The van der Waals surface area contributed by atoms with Crippen LogP contribution in [0.4, 0.5) is 5.69 Å². The minimum absolute atomic E-state index is 0.160. The van der Waals surface area contributed by atoms with E-state index < -0.39 is 5.97 Å². The first-order valence-electron chi connectivity index (χ1n) is 6.46. The van der Waals surface area contributed by atoms with Gasteiger partial charge in [0.25, 0.3) is 0 Å². The van der Waals surface area contributed by atoms with E-state index in [2.05, 4.69) is 49.9 Å². The molecule has 1 N–H and O–H groups in total. The molecule has 0 aliphatic carbocycles. The van der Waals surface area contributed by atoms with E-state index in [0.717, 1.165) is 18.7 Å². The first-order valence-corrected chi connectivity index (χ1v) is 6.46. The van der Waals surface area contributed by atoms with Crippen molar-refractivity contribution in [3.63, 3.8) is 0 Å². The molecule has 1 heterocycles. The Kier molecular flexibility index (Phi) is 3.33. The third kappa shape index (κ3) is 2.66. The van der Waals surface area contributed by atoms with Crippen LogP contribution in [-0.2, 0) is 10.2 Å². The standard InChI is InChI=1S/C15H21NO2/c1-15(2,3)12-4-6-13(7-5-12)16-9-8-11(10-16)14(17)18/h4-7,11H,8-10H2,1-3H3,(H,17,18)/t11-/m1/s1. The zero-order chi connectivity index (χ0) is 13.3. The van der Waals surface area contributed by atoms with Crippen LogP contribution >= 0.6 is 0 Å². The fraction of sp³-hybridized carbons (Fsp3) is 0.533. The Morgan fingerprint density at radius 2 is 1.89 bits per heavy atom. The largest absolute Gasteiger partial charge is 0.481 e. The number of carboxylic acids is 1. The van der Waals surface area contributed by atoms with E-state index in [4.69, 9.17) is 5.11 Å². The van der Waals surface area contributed by atoms with E-state index in [0.29, 0.717) is 6.54 Å². The highest BCUT2D eigenvalue weighted by atomic mass is 16.4. The molecule has 1 aliphatic rings. The quantitative estimate of drug-likeness (QED) is 0.873. The van der Waals surface area contributed by atoms with Crippen molar-refractivity contribution in [3.8, 4) is 0 Å². The number of aliphatic carboxylic acids is 1. The molecule has 3 nitrogen and oxygen atoms in total. The molecule has 0 radical (unpaired) electrons. The van der Waals surface area contributed by atoms with Gasteiger partial charge in [-0.2, -0.15) is 0 Å². The zero-order valence-corrected chi connectivity index (χ0v) is 11.3. The van der Waals surface area contributed by atoms with Crippen LogP contribution in [0.15, 0.2) is 24.3 Å². The number of hydrogen-bond acceptors (Lipinski definition) is 2. The number of anilines is 1. The fourth-order valence-corrected chi connectivity index (χ4v) is 2.37. The molecule has 2 rings (SSSR count). The number of benzene rings is 1. The van der Waals surface area contributed by atoms with Gasteiger partial charge in [0.15, 0.2) is 0 Å². The average Bonchev–Trinajstić information content (AvgIpc) is 2.77. The van der Waals surface area contributed by atoms with Crippen LogP contribution in [0.25, 0.3) is 0 Å². The Bertz CT molecular complexity index is 431. The highest BCUT2D eigenvalue weighted by molar-refractivity contribution is 5.72. The van der Waals surface area contributed by atoms with Crippen LogP contribution in [-0.4, -0.2) is 24.2 Å². The first kappa shape index (κ1) is 12.9. The molecule has 1 atom stereocenters. The van der Waals surface area contributed by atoms with Crippen LogP contribution in [0.5, 0.6) is 0 Å². The van der Waals surface area contributed by atoms with E-state index in [1.54, 1.807) is 0 Å². The van der Waals surface area contributed by atoms with Gasteiger partial charge in [-0.3, -0.25) is 4.79 Å². The van der Waals surface area contributed by atoms with Crippen LogP contribution in [0.3, 0.4) is 0 Å². The Morgan fingerprint density at radius 3 is 2.33 bits per heavy atom. The lowest BCUT2D eigenvalue weighted by Gasteiger charge is -2.22. The van der Waals surface area contributed by atoms with Crippen molar-refractivity contribution in [3.05, 3.63) is 29.8 Å². The smallest absolute Gasteiger partial charge is 0.308 e. The first-order chi connectivity index (χ1) is 8.38. The van der Waals surface area contributed by atoms with Crippen LogP contribution in [0, 0.1) is 5.92 Å². The molecule has 98 valence electrons. The lowest BCUT2D eigenvalue weighted by molar-refractivity contribution is -0.140. The van der Waals surface area contributed by atoms with Crippen molar-refractivity contribution >= 4 is 11.7 Å². The maximum Gasteiger partial charge on any atom is 0.308 e. The fourth-order valence-electron chi connectivity index (χ4n) is 2.37. The van der Waals surface area contributed by atoms with Gasteiger partial charge in [-0.05, 0) is 29.5 Å². The van der Waals surface area contributed by atoms with Gasteiger partial charge in [0.05, 0.1) is 5.92 Å². The summed E-state index contributed by atoms with van der Waals surface area (Å²) in [7, 11) is 0. The predicted molar refractivity (Wildman–Crippen MR) is 73.1 cm³/mol. The topological polar surface area (TPSA) is 40.5 Å². The summed E-state index contributed by atoms with van der Waals surface area (Å²) in [5.41, 5.74) is 2.60. The molecule has 18 heavy (non-hydrogen) atoms. The molecule has 1 aliphatic heterocycles. The van der Waals surface area contributed by atoms with Crippen molar-refractivity contribution < 1.29 is 9.90 Å². The number of carbonyl (C=O) groups is 1. The second-order valence-corrected chi connectivity index (χ2v) is 6.07. The molecule has 1 fully saturated rings. The van der Waals surface area contributed by atoms with Crippen molar-refractivity contribution in [1.82, 2.24) is 0 Å². The lowest BCUT2D eigenvalue weighted by Crippen LogP contribution is -2.22. The molecular formula is C15H21NO2. The van der Waals surface area contributed by atoms with E-state index in [1.807, 2.05) is 0 Å². The third-order valence-corrected chi connectivity index (χ3v) is 3.64. The second-order valence-electron chi connectivity index (χ2n) is 6.07.